The summed E-state index contributed by atoms with van der Waals surface area (Å²) in [7, 11) is 4.16. The molecule has 1 heterocycles. The Bertz CT molecular complexity index is 287. The molecule has 0 aliphatic rings. The zero-order valence-corrected chi connectivity index (χ0v) is 11.0. The van der Waals surface area contributed by atoms with Gasteiger partial charge >= 0.3 is 0 Å². The summed E-state index contributed by atoms with van der Waals surface area (Å²) in [5.41, 5.74) is 1.11. The minimum Gasteiger partial charge on any atom is -0.315 e. The maximum absolute atomic E-state index is 4.24. The molecule has 1 N–H and O–H groups in total. The molecule has 0 fully saturated rings. The highest BCUT2D eigenvalue weighted by atomic mass is 32.2. The first-order valence-electron chi connectivity index (χ1n) is 5.45. The Morgan fingerprint density at radius 3 is 2.56 bits per heavy atom. The molecule has 0 aliphatic heterocycles. The first kappa shape index (κ1) is 13.4. The van der Waals surface area contributed by atoms with Crippen LogP contribution in [0.1, 0.15) is 5.56 Å². The van der Waals surface area contributed by atoms with E-state index in [2.05, 4.69) is 34.3 Å². The number of nitrogens with one attached hydrogen (secondary N) is 1. The average Bonchev–Trinajstić information content (AvgIpc) is 2.25. The van der Waals surface area contributed by atoms with Gasteiger partial charge in [0.1, 0.15) is 0 Å². The van der Waals surface area contributed by atoms with Crippen LogP contribution in [0.25, 0.3) is 0 Å². The van der Waals surface area contributed by atoms with Crippen LogP contribution < -0.4 is 5.32 Å². The molecule has 0 unspecified atom stereocenters. The summed E-state index contributed by atoms with van der Waals surface area (Å²) in [6.07, 6.45) is 3.71. The monoisotopic (exact) mass is 240 g/mol. The van der Waals surface area contributed by atoms with Crippen LogP contribution >= 0.6 is 11.8 Å². The molecule has 0 atom stereocenters. The Morgan fingerprint density at radius 1 is 1.25 bits per heavy atom. The van der Waals surface area contributed by atoms with E-state index >= 15 is 0 Å². The highest BCUT2D eigenvalue weighted by molar-refractivity contribution is 7.99. The third kappa shape index (κ3) is 6.05. The van der Waals surface area contributed by atoms with Crippen molar-refractivity contribution in [3.05, 3.63) is 18.0 Å². The summed E-state index contributed by atoms with van der Waals surface area (Å²) in [5, 5.41) is 4.24. The van der Waals surface area contributed by atoms with Crippen LogP contribution in [0, 0.1) is 6.92 Å². The summed E-state index contributed by atoms with van der Waals surface area (Å²) in [6.45, 7) is 5.10. The second-order valence-corrected chi connectivity index (χ2v) is 5.01. The van der Waals surface area contributed by atoms with Gasteiger partial charge < -0.3 is 10.2 Å². The molecule has 0 amide bonds. The normalized spacial score (nSPS) is 11.0. The van der Waals surface area contributed by atoms with Crippen LogP contribution in [0.2, 0.25) is 0 Å². The van der Waals surface area contributed by atoms with Gasteiger partial charge in [-0.05, 0) is 26.6 Å². The minimum atomic E-state index is 0.861. The third-order valence-electron chi connectivity index (χ3n) is 2.00. The van der Waals surface area contributed by atoms with E-state index in [1.165, 1.54) is 0 Å². The summed E-state index contributed by atoms with van der Waals surface area (Å²) in [5.74, 6) is 1.01. The molecule has 1 rings (SSSR count). The molecule has 0 aliphatic carbocycles. The standard InChI is InChI=1S/C11H20N4S/c1-10-8-13-11(14-9-10)16-7-5-12-4-6-15(2)3/h8-9,12H,4-7H2,1-3H3. The van der Waals surface area contributed by atoms with E-state index in [1.807, 2.05) is 19.3 Å². The molecular weight excluding hydrogens is 220 g/mol. The van der Waals surface area contributed by atoms with Crippen LogP contribution in [0.3, 0.4) is 0 Å². The van der Waals surface area contributed by atoms with Crippen molar-refractivity contribution in [3.8, 4) is 0 Å². The summed E-state index contributed by atoms with van der Waals surface area (Å²) < 4.78 is 0. The van der Waals surface area contributed by atoms with Gasteiger partial charge in [-0.1, -0.05) is 11.8 Å². The number of rotatable bonds is 7. The molecule has 0 spiro atoms. The Hall–Kier alpha value is -0.650. The molecular formula is C11H20N4S. The molecule has 1 aromatic heterocycles. The molecule has 5 heteroatoms. The highest BCUT2D eigenvalue weighted by Crippen LogP contribution is 2.10. The highest BCUT2D eigenvalue weighted by Gasteiger charge is 1.96. The second kappa shape index (κ2) is 7.60. The van der Waals surface area contributed by atoms with Crippen molar-refractivity contribution in [1.82, 2.24) is 20.2 Å². The van der Waals surface area contributed by atoms with E-state index in [-0.39, 0.29) is 0 Å². The summed E-state index contributed by atoms with van der Waals surface area (Å²) in [6, 6.07) is 0. The molecule has 0 saturated carbocycles. The van der Waals surface area contributed by atoms with Gasteiger partial charge in [0.25, 0.3) is 0 Å². The maximum atomic E-state index is 4.24. The maximum Gasteiger partial charge on any atom is 0.187 e. The van der Waals surface area contributed by atoms with Gasteiger partial charge in [-0.25, -0.2) is 9.97 Å². The average molecular weight is 240 g/mol. The van der Waals surface area contributed by atoms with E-state index in [0.29, 0.717) is 0 Å². The quantitative estimate of drug-likeness (QED) is 0.438. The van der Waals surface area contributed by atoms with Crippen molar-refractivity contribution >= 4 is 11.8 Å². The van der Waals surface area contributed by atoms with E-state index in [9.17, 15) is 0 Å². The molecule has 0 aromatic carbocycles. The number of thioether (sulfide) groups is 1. The summed E-state index contributed by atoms with van der Waals surface area (Å²) in [4.78, 5) is 10.7. The number of hydrogen-bond acceptors (Lipinski definition) is 5. The van der Waals surface area contributed by atoms with Crippen molar-refractivity contribution in [2.24, 2.45) is 0 Å². The van der Waals surface area contributed by atoms with Gasteiger partial charge in [-0.3, -0.25) is 0 Å². The molecule has 16 heavy (non-hydrogen) atoms. The van der Waals surface area contributed by atoms with Gasteiger partial charge in [0.15, 0.2) is 5.16 Å². The fraction of sp³-hybridized carbons (Fsp3) is 0.636. The van der Waals surface area contributed by atoms with Gasteiger partial charge in [0, 0.05) is 37.8 Å². The van der Waals surface area contributed by atoms with Gasteiger partial charge in [0.05, 0.1) is 0 Å². The predicted octanol–water partition coefficient (Wildman–Crippen LogP) is 1.03. The van der Waals surface area contributed by atoms with Crippen molar-refractivity contribution in [2.75, 3.05) is 39.5 Å². The zero-order valence-electron chi connectivity index (χ0n) is 10.2. The van der Waals surface area contributed by atoms with Gasteiger partial charge in [-0.15, -0.1) is 0 Å². The Balaban J connectivity index is 2.05. The molecule has 0 saturated heterocycles. The van der Waals surface area contributed by atoms with Gasteiger partial charge in [-0.2, -0.15) is 0 Å². The molecule has 4 nitrogen and oxygen atoms in total. The molecule has 0 bridgehead atoms. The lowest BCUT2D eigenvalue weighted by molar-refractivity contribution is 0.403. The Labute approximate surface area is 102 Å². The van der Waals surface area contributed by atoms with Crippen LogP contribution in [0.5, 0.6) is 0 Å². The zero-order chi connectivity index (χ0) is 11.8. The summed E-state index contributed by atoms with van der Waals surface area (Å²) >= 11 is 1.69. The van der Waals surface area contributed by atoms with Crippen molar-refractivity contribution in [3.63, 3.8) is 0 Å². The number of likely N-dealkylation sites (N-methyl/N-ethyl adjacent to an activating group) is 1. The smallest absolute Gasteiger partial charge is 0.187 e. The molecule has 1 aromatic rings. The van der Waals surface area contributed by atoms with Crippen LogP contribution in [-0.2, 0) is 0 Å². The Kier molecular flexibility index (Phi) is 6.37. The third-order valence-corrected chi connectivity index (χ3v) is 2.88. The van der Waals surface area contributed by atoms with Crippen molar-refractivity contribution in [1.29, 1.82) is 0 Å². The van der Waals surface area contributed by atoms with E-state index in [0.717, 1.165) is 36.1 Å². The SMILES string of the molecule is Cc1cnc(SCCNCCN(C)C)nc1. The topological polar surface area (TPSA) is 41.1 Å². The second-order valence-electron chi connectivity index (χ2n) is 3.94. The van der Waals surface area contributed by atoms with Crippen molar-refractivity contribution < 1.29 is 0 Å². The van der Waals surface area contributed by atoms with Crippen molar-refractivity contribution in [2.45, 2.75) is 12.1 Å². The fourth-order valence-corrected chi connectivity index (χ4v) is 1.78. The number of nitrogens with zero attached hydrogens (tertiary/aromatic N) is 3. The van der Waals surface area contributed by atoms with E-state index in [1.54, 1.807) is 11.8 Å². The first-order chi connectivity index (χ1) is 7.68. The number of aromatic nitrogens is 2. The number of aryl methyl sites for hydroxylation is 1. The first-order valence-corrected chi connectivity index (χ1v) is 6.44. The number of hydrogen-bond donors (Lipinski definition) is 1. The molecule has 0 radical (unpaired) electrons. The minimum absolute atomic E-state index is 0.861. The van der Waals surface area contributed by atoms with Gasteiger partial charge in [0.2, 0.25) is 0 Å². The largest absolute Gasteiger partial charge is 0.315 e. The van der Waals surface area contributed by atoms with Crippen LogP contribution in [0.15, 0.2) is 17.6 Å². The Morgan fingerprint density at radius 2 is 1.94 bits per heavy atom. The predicted molar refractivity (Wildman–Crippen MR) is 68.9 cm³/mol. The lowest BCUT2D eigenvalue weighted by atomic mass is 10.4. The lowest BCUT2D eigenvalue weighted by Gasteiger charge is -2.09. The van der Waals surface area contributed by atoms with Crippen LogP contribution in [-0.4, -0.2) is 54.4 Å². The lowest BCUT2D eigenvalue weighted by Crippen LogP contribution is -2.27. The fourth-order valence-electron chi connectivity index (χ4n) is 1.10. The van der Waals surface area contributed by atoms with Crippen LogP contribution in [0.4, 0.5) is 0 Å². The van der Waals surface area contributed by atoms with E-state index < -0.39 is 0 Å². The molecule has 90 valence electrons. The van der Waals surface area contributed by atoms with E-state index in [4.69, 9.17) is 0 Å².